The van der Waals surface area contributed by atoms with Gasteiger partial charge in [-0.1, -0.05) is 0 Å². The summed E-state index contributed by atoms with van der Waals surface area (Å²) in [6.07, 6.45) is -6.98. The second-order valence-corrected chi connectivity index (χ2v) is 11.0. The maximum atomic E-state index is 14.1. The van der Waals surface area contributed by atoms with E-state index in [4.69, 9.17) is 0 Å². The summed E-state index contributed by atoms with van der Waals surface area (Å²) in [4.78, 5) is 34.7. The summed E-state index contributed by atoms with van der Waals surface area (Å²) in [7, 11) is 0. The van der Waals surface area contributed by atoms with Crippen LogP contribution < -0.4 is 10.6 Å². The molecule has 2 fully saturated rings. The summed E-state index contributed by atoms with van der Waals surface area (Å²) in [6, 6.07) is -2.95. The third-order valence-electron chi connectivity index (χ3n) is 6.88. The summed E-state index contributed by atoms with van der Waals surface area (Å²) >= 11 is 0.536. The van der Waals surface area contributed by atoms with Crippen LogP contribution in [0.4, 0.5) is 36.6 Å². The smallest absolute Gasteiger partial charge is 0.391 e. The average Bonchev–Trinajstić information content (AvgIpc) is 3.54. The zero-order valence-corrected chi connectivity index (χ0v) is 22.1. The molecule has 4 rings (SSSR count). The molecule has 3 N–H and O–H groups in total. The first-order valence-corrected chi connectivity index (χ1v) is 13.2. The maximum absolute atomic E-state index is 14.1. The van der Waals surface area contributed by atoms with Crippen LogP contribution in [0.1, 0.15) is 71.8 Å². The number of carbonyl (C=O) groups is 2. The van der Waals surface area contributed by atoms with Gasteiger partial charge in [0, 0.05) is 29.8 Å². The van der Waals surface area contributed by atoms with E-state index in [1.54, 1.807) is 0 Å². The maximum Gasteiger partial charge on any atom is 0.408 e. The number of halogens is 7. The van der Waals surface area contributed by atoms with Gasteiger partial charge in [0.25, 0.3) is 24.2 Å². The number of nitrogens with zero attached hydrogens (tertiary/aromatic N) is 3. The first kappa shape index (κ1) is 30.0. The lowest BCUT2D eigenvalue weighted by atomic mass is 10.1. The Morgan fingerprint density at radius 1 is 1.25 bits per heavy atom. The number of aliphatic hydroxyl groups excluding tert-OH is 1. The second-order valence-electron chi connectivity index (χ2n) is 9.98. The Morgan fingerprint density at radius 3 is 2.50 bits per heavy atom. The van der Waals surface area contributed by atoms with E-state index < -0.39 is 84.6 Å². The highest BCUT2D eigenvalue weighted by molar-refractivity contribution is 7.17. The molecule has 220 valence electrons. The minimum atomic E-state index is -4.69. The number of aliphatic hydroxyl groups is 1. The Balaban J connectivity index is 1.76. The van der Waals surface area contributed by atoms with Gasteiger partial charge in [-0.2, -0.15) is 13.2 Å². The number of pyridine rings is 1. The van der Waals surface area contributed by atoms with Gasteiger partial charge in [-0.3, -0.25) is 9.59 Å². The number of nitrogens with one attached hydrogen (secondary N) is 2. The highest BCUT2D eigenvalue weighted by atomic mass is 32.1. The molecule has 2 aromatic heterocycles. The van der Waals surface area contributed by atoms with Crippen molar-refractivity contribution in [1.29, 1.82) is 0 Å². The molecule has 1 unspecified atom stereocenters. The molecule has 0 spiro atoms. The van der Waals surface area contributed by atoms with Crippen molar-refractivity contribution in [2.75, 3.05) is 11.9 Å². The fourth-order valence-electron chi connectivity index (χ4n) is 4.73. The van der Waals surface area contributed by atoms with Gasteiger partial charge in [-0.15, -0.1) is 11.3 Å². The monoisotopic (exact) mass is 597 g/mol. The lowest BCUT2D eigenvalue weighted by Gasteiger charge is -2.21. The second kappa shape index (κ2) is 11.1. The quantitative estimate of drug-likeness (QED) is 0.387. The van der Waals surface area contributed by atoms with Crippen LogP contribution in [0.25, 0.3) is 10.4 Å². The predicted molar refractivity (Wildman–Crippen MR) is 131 cm³/mol. The van der Waals surface area contributed by atoms with E-state index >= 15 is 0 Å². The number of anilines is 1. The summed E-state index contributed by atoms with van der Waals surface area (Å²) < 4.78 is 95.3. The summed E-state index contributed by atoms with van der Waals surface area (Å²) in [5.74, 6) is -5.53. The van der Waals surface area contributed by atoms with Gasteiger partial charge >= 0.3 is 6.18 Å². The molecule has 0 bridgehead atoms. The number of thiazole rings is 1. The molecule has 4 atom stereocenters. The van der Waals surface area contributed by atoms with Crippen molar-refractivity contribution in [3.8, 4) is 10.4 Å². The first-order chi connectivity index (χ1) is 18.6. The Labute approximate surface area is 228 Å². The zero-order valence-electron chi connectivity index (χ0n) is 21.2. The number of carbonyl (C=O) groups excluding carboxylic acids is 2. The molecule has 8 nitrogen and oxygen atoms in total. The Kier molecular flexibility index (Phi) is 8.32. The Hall–Kier alpha value is -3.01. The number of hydrogen-bond donors (Lipinski definition) is 3. The van der Waals surface area contributed by atoms with Crippen molar-refractivity contribution in [3.63, 3.8) is 0 Å². The molecule has 1 aliphatic heterocycles. The molecule has 1 saturated carbocycles. The molecule has 1 aliphatic carbocycles. The standard InChI is InChI=1S/C24H26F7N5O3S/c1-10-7-23(27,28)9-36(10)22(39)17-18(40-21(35-17)20(38)34-14-4-3-5-15(14)37)13-8-32-16(6-12(13)19(25)26)33-11(2)24(29,30)31/h6,8,10-11,14-15,19,37H,3-5,7,9H2,1-2H3,(H,32,33)(H,34,38)/t10-,11?,14+,15+/m0/s1. The van der Waals surface area contributed by atoms with Crippen molar-refractivity contribution in [1.82, 2.24) is 20.2 Å². The molecule has 16 heteroatoms. The van der Waals surface area contributed by atoms with Crippen molar-refractivity contribution in [2.24, 2.45) is 0 Å². The lowest BCUT2D eigenvalue weighted by Crippen LogP contribution is -2.40. The molecule has 40 heavy (non-hydrogen) atoms. The van der Waals surface area contributed by atoms with Crippen LogP contribution in [0, 0.1) is 0 Å². The van der Waals surface area contributed by atoms with Crippen LogP contribution in [0.5, 0.6) is 0 Å². The third kappa shape index (κ3) is 6.32. The van der Waals surface area contributed by atoms with Crippen LogP contribution in [0.3, 0.4) is 0 Å². The van der Waals surface area contributed by atoms with Crippen LogP contribution in [-0.2, 0) is 0 Å². The number of hydrogen-bond acceptors (Lipinski definition) is 7. The SMILES string of the molecule is CC(Nc1cc(C(F)F)c(-c2sc(C(=O)N[C@@H]3CCC[C@H]3O)nc2C(=O)N2CC(F)(F)C[C@@H]2C)cn1)C(F)(F)F. The largest absolute Gasteiger partial charge is 0.408 e. The van der Waals surface area contributed by atoms with Crippen molar-refractivity contribution >= 4 is 29.0 Å². The highest BCUT2D eigenvalue weighted by Crippen LogP contribution is 2.40. The molecular weight excluding hydrogens is 571 g/mol. The molecule has 0 radical (unpaired) electrons. The minimum Gasteiger partial charge on any atom is -0.391 e. The topological polar surface area (TPSA) is 107 Å². The molecule has 2 aromatic rings. The van der Waals surface area contributed by atoms with Crippen molar-refractivity contribution in [3.05, 3.63) is 28.5 Å². The Bertz CT molecular complexity index is 1270. The van der Waals surface area contributed by atoms with Crippen molar-refractivity contribution in [2.45, 2.75) is 82.3 Å². The lowest BCUT2D eigenvalue weighted by molar-refractivity contribution is -0.138. The van der Waals surface area contributed by atoms with Gasteiger partial charge in [0.2, 0.25) is 0 Å². The number of rotatable bonds is 7. The van der Waals surface area contributed by atoms with Crippen LogP contribution >= 0.6 is 11.3 Å². The van der Waals surface area contributed by atoms with E-state index in [0.717, 1.165) is 18.0 Å². The summed E-state index contributed by atoms with van der Waals surface area (Å²) in [6.45, 7) is 1.21. The van der Waals surface area contributed by atoms with E-state index in [-0.39, 0.29) is 15.4 Å². The van der Waals surface area contributed by atoms with Gasteiger partial charge < -0.3 is 20.6 Å². The molecule has 1 saturated heterocycles. The molecular formula is C24H26F7N5O3S. The van der Waals surface area contributed by atoms with E-state index in [1.807, 2.05) is 5.32 Å². The molecule has 3 heterocycles. The van der Waals surface area contributed by atoms with Gasteiger partial charge in [-0.25, -0.2) is 27.5 Å². The van der Waals surface area contributed by atoms with E-state index in [1.165, 1.54) is 6.92 Å². The number of alkyl halides is 7. The van der Waals surface area contributed by atoms with E-state index in [0.29, 0.717) is 36.7 Å². The van der Waals surface area contributed by atoms with Gasteiger partial charge in [-0.05, 0) is 39.2 Å². The van der Waals surface area contributed by atoms with Gasteiger partial charge in [0.05, 0.1) is 23.6 Å². The normalized spacial score (nSPS) is 23.5. The van der Waals surface area contributed by atoms with Gasteiger partial charge in [0.1, 0.15) is 17.6 Å². The Morgan fingerprint density at radius 2 is 1.95 bits per heavy atom. The molecule has 2 amide bonds. The van der Waals surface area contributed by atoms with Gasteiger partial charge in [0.15, 0.2) is 5.01 Å². The fraction of sp³-hybridized carbons (Fsp3) is 0.583. The van der Waals surface area contributed by atoms with Crippen LogP contribution in [0.15, 0.2) is 12.3 Å². The van der Waals surface area contributed by atoms with E-state index in [9.17, 15) is 45.4 Å². The average molecular weight is 598 g/mol. The predicted octanol–water partition coefficient (Wildman–Crippen LogP) is 5.02. The first-order valence-electron chi connectivity index (χ1n) is 12.4. The number of likely N-dealkylation sites (tertiary alicyclic amines) is 1. The van der Waals surface area contributed by atoms with E-state index in [2.05, 4.69) is 15.3 Å². The summed E-state index contributed by atoms with van der Waals surface area (Å²) in [5.41, 5.74) is -1.73. The highest BCUT2D eigenvalue weighted by Gasteiger charge is 2.46. The molecule has 2 aliphatic rings. The summed E-state index contributed by atoms with van der Waals surface area (Å²) in [5, 5.41) is 14.3. The number of amides is 2. The fourth-order valence-corrected chi connectivity index (χ4v) is 5.72. The molecule has 0 aromatic carbocycles. The van der Waals surface area contributed by atoms with Crippen LogP contribution in [-0.4, -0.2) is 74.7 Å². The van der Waals surface area contributed by atoms with Crippen LogP contribution in [0.2, 0.25) is 0 Å². The minimum absolute atomic E-state index is 0.275. The zero-order chi connectivity index (χ0) is 29.6. The van der Waals surface area contributed by atoms with Crippen molar-refractivity contribution < 1.29 is 45.4 Å². The number of aromatic nitrogens is 2. The third-order valence-corrected chi connectivity index (χ3v) is 7.97.